The molecule has 12 aromatic rings. The van der Waals surface area contributed by atoms with Crippen molar-refractivity contribution in [2.45, 2.75) is 38.5 Å². The van der Waals surface area contributed by atoms with Crippen LogP contribution in [0.1, 0.15) is 68.2 Å². The summed E-state index contributed by atoms with van der Waals surface area (Å²) in [5.41, 5.74) is 28.5. The number of aryl methyl sites for hydroxylation is 4. The molecule has 0 unspecified atom stereocenters. The Morgan fingerprint density at radius 2 is 0.683 bits per heavy atom. The van der Waals surface area contributed by atoms with E-state index in [2.05, 4.69) is 268 Å². The van der Waals surface area contributed by atoms with Gasteiger partial charge in [0.2, 0.25) is 0 Å². The Labute approximate surface area is 491 Å². The van der Waals surface area contributed by atoms with Crippen LogP contribution in [0.2, 0.25) is 0 Å². The first-order chi connectivity index (χ1) is 39.7. The van der Waals surface area contributed by atoms with Crippen LogP contribution in [0.5, 0.6) is 0 Å². The maximum Gasteiger partial charge on any atom is 0.159 e. The first kappa shape index (κ1) is 51.9. The highest BCUT2D eigenvalue weighted by molar-refractivity contribution is 9.10. The third kappa shape index (κ3) is 8.31. The summed E-state index contributed by atoms with van der Waals surface area (Å²) < 4.78 is 1.06. The van der Waals surface area contributed by atoms with Crippen molar-refractivity contribution >= 4 is 52.8 Å². The number of nitrogens with zero attached hydrogens (tertiary/aromatic N) is 5. The summed E-state index contributed by atoms with van der Waals surface area (Å²) in [6.07, 6.45) is 7.05. The summed E-state index contributed by atoms with van der Waals surface area (Å²) in [6, 6.07) is 83.5. The first-order valence-corrected chi connectivity index (χ1v) is 28.3. The van der Waals surface area contributed by atoms with E-state index in [1.165, 1.54) is 112 Å². The van der Waals surface area contributed by atoms with Crippen molar-refractivity contribution in [1.82, 2.24) is 19.9 Å². The first-order valence-electron chi connectivity index (χ1n) is 27.5. The zero-order chi connectivity index (χ0) is 54.8. The molecule has 2 aromatic heterocycles. The molecule has 0 saturated carbocycles. The number of hydrogen-bond donors (Lipinski definition) is 1. The van der Waals surface area contributed by atoms with Crippen LogP contribution in [0.4, 0.5) is 28.4 Å². The van der Waals surface area contributed by atoms with E-state index < -0.39 is 5.41 Å². The molecule has 8 heteroatoms. The number of hydrogen-bond acceptors (Lipinski definition) is 6. The van der Waals surface area contributed by atoms with Crippen molar-refractivity contribution in [3.63, 3.8) is 0 Å². The molecule has 0 bridgehead atoms. The van der Waals surface area contributed by atoms with Gasteiger partial charge in [0.1, 0.15) is 0 Å². The molecule has 0 atom stereocenters. The van der Waals surface area contributed by atoms with Crippen molar-refractivity contribution in [2.75, 3.05) is 10.2 Å². The van der Waals surface area contributed by atoms with Crippen LogP contribution in [-0.2, 0) is 10.8 Å². The molecule has 6 nitrogen and oxygen atoms in total. The third-order valence-corrected chi connectivity index (χ3v) is 17.1. The SMILES string of the molecule is Brc1ccc(-c2ncccn2)cc1.Cc1ccc2c(c1)C1(c3cc(C)ccc3N2)c2ccccc2-c2ccccc21.Cc1ccc2c(c1)C1(c3ccccc3-c3ccccc31)c1cc(C)ccc1N2c1ccc(-c2ncccn2)cc1.[B].[HH]. The monoisotopic (exact) mass is 1120 g/mol. The molecular weight excluding hydrogens is 1060 g/mol. The fraction of sp³-hybridized carbons (Fsp3) is 0.0811. The molecule has 2 spiro atoms. The minimum Gasteiger partial charge on any atom is -0.355 e. The smallest absolute Gasteiger partial charge is 0.159 e. The summed E-state index contributed by atoms with van der Waals surface area (Å²) in [6.45, 7) is 8.77. The number of rotatable bonds is 3. The molecule has 3 radical (unpaired) electrons. The average Bonchev–Trinajstić information content (AvgIpc) is 1.89. The number of aromatic nitrogens is 4. The Morgan fingerprint density at radius 3 is 1.07 bits per heavy atom. The fourth-order valence-electron chi connectivity index (χ4n) is 13.2. The van der Waals surface area contributed by atoms with Crippen molar-refractivity contribution < 1.29 is 1.43 Å². The Bertz CT molecular complexity index is 4200. The van der Waals surface area contributed by atoms with Gasteiger partial charge in [-0.15, -0.1) is 0 Å². The molecule has 393 valence electrons. The lowest BCUT2D eigenvalue weighted by Gasteiger charge is -2.45. The largest absolute Gasteiger partial charge is 0.355 e. The number of nitrogens with one attached hydrogen (secondary N) is 1. The molecule has 10 aromatic carbocycles. The third-order valence-electron chi connectivity index (χ3n) is 16.5. The normalized spacial score (nSPS) is 13.4. The van der Waals surface area contributed by atoms with Gasteiger partial charge >= 0.3 is 0 Å². The maximum atomic E-state index is 4.45. The number of anilines is 5. The molecule has 0 amide bonds. The Balaban J connectivity index is 0.000000137. The average molecular weight is 1120 g/mol. The van der Waals surface area contributed by atoms with E-state index in [0.717, 1.165) is 32.9 Å². The lowest BCUT2D eigenvalue weighted by atomic mass is 9.64. The Hall–Kier alpha value is -9.50. The fourth-order valence-corrected chi connectivity index (χ4v) is 13.4. The van der Waals surface area contributed by atoms with Gasteiger partial charge in [-0.3, -0.25) is 0 Å². The molecule has 2 aliphatic carbocycles. The summed E-state index contributed by atoms with van der Waals surface area (Å²) >= 11 is 3.38. The van der Waals surface area contributed by atoms with Gasteiger partial charge < -0.3 is 10.2 Å². The second-order valence-corrected chi connectivity index (χ2v) is 22.4. The van der Waals surface area contributed by atoms with Crippen LogP contribution in [0, 0.1) is 27.7 Å². The number of fused-ring (bicyclic) bond motifs is 18. The van der Waals surface area contributed by atoms with Crippen molar-refractivity contribution in [2.24, 2.45) is 0 Å². The second-order valence-electron chi connectivity index (χ2n) is 21.5. The topological polar surface area (TPSA) is 66.8 Å². The molecule has 4 aliphatic rings. The van der Waals surface area contributed by atoms with E-state index in [1.54, 1.807) is 24.8 Å². The standard InChI is InChI=1S/C37H27N3.C27H21N.C10H7BrN2.B.H2/c1-24-12-18-34-32(22-24)37(30-10-5-3-8-28(30)29-9-4-6-11-31(29)37)33-23-25(2)13-19-35(33)40(34)27-16-14-26(15-17-27)36-38-20-7-21-39-36;1-17-11-13-25-23(15-17)27(24-16-18(2)12-14-26(24)28-25)21-9-5-3-7-19(21)20-8-4-6-10-22(20)27;11-9-4-2-8(3-5-9)10-12-6-1-7-13-10;;/h3-23H,1-2H3;3-16,28H,1-2H3;1-7H;;1H. The molecule has 1 N–H and O–H groups in total. The van der Waals surface area contributed by atoms with Gasteiger partial charge in [0.15, 0.2) is 11.6 Å². The zero-order valence-electron chi connectivity index (χ0n) is 45.9. The van der Waals surface area contributed by atoms with Crippen LogP contribution in [0.3, 0.4) is 0 Å². The summed E-state index contributed by atoms with van der Waals surface area (Å²) in [5, 5.41) is 3.71. The summed E-state index contributed by atoms with van der Waals surface area (Å²) in [7, 11) is 0. The quantitative estimate of drug-likeness (QED) is 0.178. The van der Waals surface area contributed by atoms with Crippen molar-refractivity contribution in [3.8, 4) is 45.0 Å². The zero-order valence-corrected chi connectivity index (χ0v) is 47.5. The highest BCUT2D eigenvalue weighted by Crippen LogP contribution is 2.64. The lowest BCUT2D eigenvalue weighted by molar-refractivity contribution is 0.750. The second kappa shape index (κ2) is 20.9. The van der Waals surface area contributed by atoms with E-state index in [9.17, 15) is 0 Å². The Kier molecular flexibility index (Phi) is 13.2. The van der Waals surface area contributed by atoms with E-state index in [1.807, 2.05) is 36.4 Å². The molecular formula is C74H57BBrN6. The lowest BCUT2D eigenvalue weighted by Crippen LogP contribution is -2.36. The van der Waals surface area contributed by atoms with Gasteiger partial charge in [-0.1, -0.05) is 196 Å². The predicted molar refractivity (Wildman–Crippen MR) is 342 cm³/mol. The molecule has 2 aliphatic heterocycles. The van der Waals surface area contributed by atoms with Gasteiger partial charge in [0.05, 0.1) is 22.2 Å². The number of benzene rings is 10. The van der Waals surface area contributed by atoms with Gasteiger partial charge in [-0.25, -0.2) is 19.9 Å². The van der Waals surface area contributed by atoms with Crippen LogP contribution in [0.15, 0.2) is 260 Å². The highest BCUT2D eigenvalue weighted by Gasteiger charge is 2.52. The predicted octanol–water partition coefficient (Wildman–Crippen LogP) is 18.4. The van der Waals surface area contributed by atoms with Crippen molar-refractivity contribution in [1.29, 1.82) is 0 Å². The van der Waals surface area contributed by atoms with Gasteiger partial charge in [-0.05, 0) is 167 Å². The van der Waals surface area contributed by atoms with E-state index in [-0.39, 0.29) is 15.3 Å². The highest BCUT2D eigenvalue weighted by atomic mass is 79.9. The molecule has 0 fully saturated rings. The molecule has 16 rings (SSSR count). The van der Waals surface area contributed by atoms with Gasteiger partial charge in [0, 0.05) is 67.3 Å². The minimum absolute atomic E-state index is 0. The summed E-state index contributed by atoms with van der Waals surface area (Å²) in [4.78, 5) is 19.6. The van der Waals surface area contributed by atoms with Gasteiger partial charge in [-0.2, -0.15) is 0 Å². The summed E-state index contributed by atoms with van der Waals surface area (Å²) in [5.74, 6) is 1.49. The molecule has 82 heavy (non-hydrogen) atoms. The van der Waals surface area contributed by atoms with E-state index in [0.29, 0.717) is 0 Å². The minimum atomic E-state index is -0.399. The molecule has 4 heterocycles. The van der Waals surface area contributed by atoms with Crippen LogP contribution in [-0.4, -0.2) is 28.3 Å². The van der Waals surface area contributed by atoms with E-state index in [4.69, 9.17) is 0 Å². The van der Waals surface area contributed by atoms with Gasteiger partial charge in [0.25, 0.3) is 0 Å². The maximum absolute atomic E-state index is 4.45. The molecule has 0 saturated heterocycles. The Morgan fingerprint density at radius 1 is 0.354 bits per heavy atom. The van der Waals surface area contributed by atoms with Crippen LogP contribution >= 0.6 is 15.9 Å². The van der Waals surface area contributed by atoms with Crippen LogP contribution < -0.4 is 10.2 Å². The van der Waals surface area contributed by atoms with Crippen LogP contribution in [0.25, 0.3) is 45.0 Å². The number of halogens is 1. The van der Waals surface area contributed by atoms with E-state index >= 15 is 0 Å². The van der Waals surface area contributed by atoms with Crippen molar-refractivity contribution in [3.05, 3.63) is 327 Å².